The van der Waals surface area contributed by atoms with Crippen LogP contribution in [0.1, 0.15) is 12.7 Å². The van der Waals surface area contributed by atoms with Gasteiger partial charge in [-0.05, 0) is 6.92 Å². The molecule has 2 rings (SSSR count). The molecule has 0 aliphatic carbocycles. The average Bonchev–Trinajstić information content (AvgIpc) is 2.83. The lowest BCUT2D eigenvalue weighted by molar-refractivity contribution is 0.139. The molecule has 0 N–H and O–H groups in total. The van der Waals surface area contributed by atoms with Gasteiger partial charge in [0.05, 0.1) is 37.7 Å². The van der Waals surface area contributed by atoms with Gasteiger partial charge in [0, 0.05) is 25.3 Å². The Morgan fingerprint density at radius 2 is 1.90 bits per heavy atom. The van der Waals surface area contributed by atoms with Gasteiger partial charge in [0.1, 0.15) is 5.82 Å². The van der Waals surface area contributed by atoms with E-state index in [0.29, 0.717) is 37.1 Å². The first kappa shape index (κ1) is 14.9. The zero-order chi connectivity index (χ0) is 14.5. The standard InChI is InChI=1S/C14H19ClN2O3/c1-4-20-6-5-17-11-8-13(19-3)12(18-2)7-10(11)16-14(17)9-15/h7-8H,4-6,9H2,1-3H3. The van der Waals surface area contributed by atoms with Crippen LogP contribution < -0.4 is 9.47 Å². The Hall–Kier alpha value is -1.46. The number of ether oxygens (including phenoxy) is 3. The molecule has 0 aliphatic rings. The van der Waals surface area contributed by atoms with Crippen molar-refractivity contribution in [3.63, 3.8) is 0 Å². The first-order valence-electron chi connectivity index (χ1n) is 6.50. The van der Waals surface area contributed by atoms with Gasteiger partial charge >= 0.3 is 0 Å². The van der Waals surface area contributed by atoms with Gasteiger partial charge in [-0.2, -0.15) is 0 Å². The first-order chi connectivity index (χ1) is 9.74. The fourth-order valence-corrected chi connectivity index (χ4v) is 2.36. The molecule has 1 aromatic carbocycles. The molecule has 0 unspecified atom stereocenters. The number of hydrogen-bond acceptors (Lipinski definition) is 4. The van der Waals surface area contributed by atoms with Crippen molar-refractivity contribution >= 4 is 22.6 Å². The van der Waals surface area contributed by atoms with E-state index >= 15 is 0 Å². The largest absolute Gasteiger partial charge is 0.493 e. The summed E-state index contributed by atoms with van der Waals surface area (Å²) in [5, 5.41) is 0. The van der Waals surface area contributed by atoms with Crippen LogP contribution in [0, 0.1) is 0 Å². The lowest BCUT2D eigenvalue weighted by atomic mass is 10.2. The SMILES string of the molecule is CCOCCn1c(CCl)nc2cc(OC)c(OC)cc21. The smallest absolute Gasteiger partial charge is 0.163 e. The molecule has 1 heterocycles. The van der Waals surface area contributed by atoms with E-state index < -0.39 is 0 Å². The Kier molecular flexibility index (Phi) is 5.09. The highest BCUT2D eigenvalue weighted by Crippen LogP contribution is 2.32. The van der Waals surface area contributed by atoms with Gasteiger partial charge in [0.2, 0.25) is 0 Å². The summed E-state index contributed by atoms with van der Waals surface area (Å²) in [7, 11) is 3.23. The minimum Gasteiger partial charge on any atom is -0.493 e. The number of hydrogen-bond donors (Lipinski definition) is 0. The van der Waals surface area contributed by atoms with Gasteiger partial charge in [0.25, 0.3) is 0 Å². The molecular weight excluding hydrogens is 280 g/mol. The molecule has 5 nitrogen and oxygen atoms in total. The van der Waals surface area contributed by atoms with E-state index in [1.165, 1.54) is 0 Å². The fraction of sp³-hybridized carbons (Fsp3) is 0.500. The van der Waals surface area contributed by atoms with Crippen molar-refractivity contribution in [2.45, 2.75) is 19.3 Å². The number of fused-ring (bicyclic) bond motifs is 1. The Morgan fingerprint density at radius 1 is 1.20 bits per heavy atom. The van der Waals surface area contributed by atoms with Crippen molar-refractivity contribution in [2.24, 2.45) is 0 Å². The molecule has 6 heteroatoms. The fourth-order valence-electron chi connectivity index (χ4n) is 2.15. The summed E-state index contributed by atoms with van der Waals surface area (Å²) in [5.74, 6) is 2.51. The van der Waals surface area contributed by atoms with E-state index in [1.807, 2.05) is 19.1 Å². The summed E-state index contributed by atoms with van der Waals surface area (Å²) in [4.78, 5) is 4.53. The van der Waals surface area contributed by atoms with Crippen LogP contribution in [-0.4, -0.2) is 37.0 Å². The van der Waals surface area contributed by atoms with Crippen LogP contribution in [-0.2, 0) is 17.2 Å². The summed E-state index contributed by atoms with van der Waals surface area (Å²) in [5.41, 5.74) is 1.81. The number of benzene rings is 1. The Morgan fingerprint density at radius 3 is 2.50 bits per heavy atom. The van der Waals surface area contributed by atoms with Gasteiger partial charge in [0.15, 0.2) is 11.5 Å². The zero-order valence-electron chi connectivity index (χ0n) is 12.0. The van der Waals surface area contributed by atoms with Crippen LogP contribution in [0.2, 0.25) is 0 Å². The molecule has 0 saturated heterocycles. The van der Waals surface area contributed by atoms with Gasteiger partial charge in [-0.1, -0.05) is 0 Å². The molecule has 0 saturated carbocycles. The molecule has 0 atom stereocenters. The maximum atomic E-state index is 5.98. The summed E-state index contributed by atoms with van der Waals surface area (Å²) < 4.78 is 18.1. The van der Waals surface area contributed by atoms with Crippen LogP contribution in [0.5, 0.6) is 11.5 Å². The Labute approximate surface area is 123 Å². The second-order valence-corrected chi connectivity index (χ2v) is 4.47. The summed E-state index contributed by atoms with van der Waals surface area (Å²) >= 11 is 5.98. The molecule has 0 fully saturated rings. The van der Waals surface area contributed by atoms with Crippen LogP contribution >= 0.6 is 11.6 Å². The first-order valence-corrected chi connectivity index (χ1v) is 7.03. The minimum absolute atomic E-state index is 0.353. The molecule has 110 valence electrons. The number of nitrogens with zero attached hydrogens (tertiary/aromatic N) is 2. The lowest BCUT2D eigenvalue weighted by Crippen LogP contribution is -2.08. The molecule has 2 aromatic rings. The molecule has 0 spiro atoms. The van der Waals surface area contributed by atoms with Gasteiger partial charge in [-0.25, -0.2) is 4.98 Å². The summed E-state index contributed by atoms with van der Waals surface area (Å²) in [6, 6.07) is 3.78. The number of aromatic nitrogens is 2. The zero-order valence-corrected chi connectivity index (χ0v) is 12.7. The predicted octanol–water partition coefficient (Wildman–Crippen LogP) is 2.83. The second-order valence-electron chi connectivity index (χ2n) is 4.21. The van der Waals surface area contributed by atoms with Crippen LogP contribution in [0.4, 0.5) is 0 Å². The molecule has 1 aromatic heterocycles. The quantitative estimate of drug-likeness (QED) is 0.582. The average molecular weight is 299 g/mol. The third kappa shape index (κ3) is 2.83. The van der Waals surface area contributed by atoms with Crippen molar-refractivity contribution in [3.8, 4) is 11.5 Å². The van der Waals surface area contributed by atoms with Crippen molar-refractivity contribution in [1.82, 2.24) is 9.55 Å². The minimum atomic E-state index is 0.353. The third-order valence-corrected chi connectivity index (χ3v) is 3.35. The van der Waals surface area contributed by atoms with Crippen molar-refractivity contribution in [3.05, 3.63) is 18.0 Å². The van der Waals surface area contributed by atoms with Crippen molar-refractivity contribution in [2.75, 3.05) is 27.4 Å². The molecular formula is C14H19ClN2O3. The summed E-state index contributed by atoms with van der Waals surface area (Å²) in [6.07, 6.45) is 0. The van der Waals surface area contributed by atoms with Gasteiger partial charge in [-0.3, -0.25) is 0 Å². The second kappa shape index (κ2) is 6.81. The molecule has 0 aliphatic heterocycles. The Bertz CT molecular complexity index is 583. The maximum Gasteiger partial charge on any atom is 0.163 e. The molecule has 20 heavy (non-hydrogen) atoms. The van der Waals surface area contributed by atoms with Crippen molar-refractivity contribution < 1.29 is 14.2 Å². The van der Waals surface area contributed by atoms with E-state index in [4.69, 9.17) is 25.8 Å². The third-order valence-electron chi connectivity index (χ3n) is 3.12. The van der Waals surface area contributed by atoms with E-state index in [0.717, 1.165) is 16.9 Å². The number of alkyl halides is 1. The number of methoxy groups -OCH3 is 2. The van der Waals surface area contributed by atoms with Gasteiger partial charge < -0.3 is 18.8 Å². The monoisotopic (exact) mass is 298 g/mol. The summed E-state index contributed by atoms with van der Waals surface area (Å²) in [6.45, 7) is 4.00. The van der Waals surface area contributed by atoms with Crippen molar-refractivity contribution in [1.29, 1.82) is 0 Å². The highest BCUT2D eigenvalue weighted by molar-refractivity contribution is 6.16. The normalized spacial score (nSPS) is 11.0. The van der Waals surface area contributed by atoms with E-state index in [1.54, 1.807) is 14.2 Å². The molecule has 0 bridgehead atoms. The van der Waals surface area contributed by atoms with E-state index in [2.05, 4.69) is 9.55 Å². The number of imidazole rings is 1. The highest BCUT2D eigenvalue weighted by atomic mass is 35.5. The molecule has 0 amide bonds. The lowest BCUT2D eigenvalue weighted by Gasteiger charge is -2.10. The number of rotatable bonds is 7. The van der Waals surface area contributed by atoms with Gasteiger partial charge in [-0.15, -0.1) is 11.6 Å². The van der Waals surface area contributed by atoms with E-state index in [9.17, 15) is 0 Å². The van der Waals surface area contributed by atoms with E-state index in [-0.39, 0.29) is 0 Å². The molecule has 0 radical (unpaired) electrons. The maximum absolute atomic E-state index is 5.98. The topological polar surface area (TPSA) is 45.5 Å². The van der Waals surface area contributed by atoms with Crippen LogP contribution in [0.15, 0.2) is 12.1 Å². The highest BCUT2D eigenvalue weighted by Gasteiger charge is 2.14. The Balaban J connectivity index is 2.47. The number of halogens is 1. The van der Waals surface area contributed by atoms with Crippen LogP contribution in [0.25, 0.3) is 11.0 Å². The van der Waals surface area contributed by atoms with Crippen LogP contribution in [0.3, 0.4) is 0 Å². The predicted molar refractivity (Wildman–Crippen MR) is 78.9 cm³/mol.